The van der Waals surface area contributed by atoms with E-state index in [2.05, 4.69) is 36.1 Å². The van der Waals surface area contributed by atoms with Crippen LogP contribution in [-0.4, -0.2) is 29.0 Å². The molecule has 0 spiro atoms. The number of nitrogens with zero attached hydrogens (tertiary/aromatic N) is 2. The van der Waals surface area contributed by atoms with Gasteiger partial charge >= 0.3 is 0 Å². The summed E-state index contributed by atoms with van der Waals surface area (Å²) in [7, 11) is 1.61. The van der Waals surface area contributed by atoms with E-state index in [0.717, 1.165) is 17.8 Å². The van der Waals surface area contributed by atoms with Gasteiger partial charge < -0.3 is 10.1 Å². The van der Waals surface area contributed by atoms with Gasteiger partial charge in [-0.2, -0.15) is 0 Å². The zero-order valence-corrected chi connectivity index (χ0v) is 12.5. The van der Waals surface area contributed by atoms with Crippen molar-refractivity contribution in [1.29, 1.82) is 0 Å². The summed E-state index contributed by atoms with van der Waals surface area (Å²) in [4.78, 5) is 8.35. The average Bonchev–Trinajstić information content (AvgIpc) is 2.29. The molecule has 1 aromatic heterocycles. The van der Waals surface area contributed by atoms with Crippen LogP contribution in [0.3, 0.4) is 0 Å². The van der Waals surface area contributed by atoms with Gasteiger partial charge in [-0.15, -0.1) is 11.6 Å². The van der Waals surface area contributed by atoms with Crippen LogP contribution in [0.25, 0.3) is 0 Å². The summed E-state index contributed by atoms with van der Waals surface area (Å²) >= 11 is 5.87. The molecule has 0 aliphatic carbocycles. The quantitative estimate of drug-likeness (QED) is 0.835. The van der Waals surface area contributed by atoms with Crippen molar-refractivity contribution in [2.45, 2.75) is 40.2 Å². The maximum Gasteiger partial charge on any atom is 0.221 e. The van der Waals surface area contributed by atoms with Crippen molar-refractivity contribution in [2.24, 2.45) is 5.41 Å². The van der Waals surface area contributed by atoms with E-state index in [9.17, 15) is 0 Å². The zero-order chi connectivity index (χ0) is 13.8. The molecule has 0 aliphatic heterocycles. The molecular weight excluding hydrogens is 250 g/mol. The highest BCUT2D eigenvalue weighted by atomic mass is 35.5. The summed E-state index contributed by atoms with van der Waals surface area (Å²) in [5, 5.41) is 3.45. The lowest BCUT2D eigenvalue weighted by Gasteiger charge is -2.32. The normalized spacial score (nSPS) is 13.2. The van der Waals surface area contributed by atoms with Crippen molar-refractivity contribution in [3.05, 3.63) is 11.9 Å². The van der Waals surface area contributed by atoms with Crippen molar-refractivity contribution in [1.82, 2.24) is 9.97 Å². The van der Waals surface area contributed by atoms with Crippen molar-refractivity contribution in [3.8, 4) is 5.88 Å². The molecule has 1 aromatic rings. The molecule has 0 saturated heterocycles. The van der Waals surface area contributed by atoms with Gasteiger partial charge in [0.2, 0.25) is 5.88 Å². The van der Waals surface area contributed by atoms with Gasteiger partial charge in [-0.1, -0.05) is 20.8 Å². The minimum Gasteiger partial charge on any atom is -0.481 e. The summed E-state index contributed by atoms with van der Waals surface area (Å²) < 4.78 is 5.20. The Morgan fingerprint density at radius 2 is 2.06 bits per heavy atom. The molecule has 1 unspecified atom stereocenters. The molecule has 102 valence electrons. The number of halogens is 1. The van der Waals surface area contributed by atoms with Crippen molar-refractivity contribution in [2.75, 3.05) is 18.3 Å². The fourth-order valence-electron chi connectivity index (χ4n) is 1.78. The Morgan fingerprint density at radius 1 is 1.39 bits per heavy atom. The number of ether oxygens (including phenoxy) is 1. The maximum atomic E-state index is 5.87. The second-order valence-corrected chi connectivity index (χ2v) is 5.78. The van der Waals surface area contributed by atoms with E-state index in [0.29, 0.717) is 11.8 Å². The van der Waals surface area contributed by atoms with E-state index in [-0.39, 0.29) is 11.5 Å². The van der Waals surface area contributed by atoms with Gasteiger partial charge in [-0.3, -0.25) is 0 Å². The summed E-state index contributed by atoms with van der Waals surface area (Å²) in [5.74, 6) is 2.04. The monoisotopic (exact) mass is 271 g/mol. The first-order valence-electron chi connectivity index (χ1n) is 6.08. The van der Waals surface area contributed by atoms with Crippen LogP contribution in [-0.2, 0) is 0 Å². The molecule has 5 heteroatoms. The third-order valence-corrected chi connectivity index (χ3v) is 3.20. The highest BCUT2D eigenvalue weighted by Gasteiger charge is 2.25. The largest absolute Gasteiger partial charge is 0.481 e. The first kappa shape index (κ1) is 15.0. The molecule has 0 bridgehead atoms. The number of nitrogens with one attached hydrogen (secondary N) is 1. The van der Waals surface area contributed by atoms with Crippen LogP contribution in [0.5, 0.6) is 5.88 Å². The van der Waals surface area contributed by atoms with Gasteiger partial charge in [0, 0.05) is 11.9 Å². The van der Waals surface area contributed by atoms with Gasteiger partial charge in [0.1, 0.15) is 12.1 Å². The van der Waals surface area contributed by atoms with E-state index >= 15 is 0 Å². The van der Waals surface area contributed by atoms with Crippen molar-refractivity contribution >= 4 is 17.4 Å². The van der Waals surface area contributed by atoms with Gasteiger partial charge in [-0.25, -0.2) is 9.97 Å². The number of rotatable bonds is 5. The molecule has 1 heterocycles. The number of alkyl halides is 1. The average molecular weight is 272 g/mol. The molecule has 0 amide bonds. The van der Waals surface area contributed by atoms with Crippen molar-refractivity contribution < 1.29 is 4.74 Å². The molecule has 0 fully saturated rings. The Hall–Kier alpha value is -1.03. The predicted molar refractivity (Wildman–Crippen MR) is 75.5 cm³/mol. The lowest BCUT2D eigenvalue weighted by atomic mass is 9.85. The Balaban J connectivity index is 2.94. The van der Waals surface area contributed by atoms with Crippen molar-refractivity contribution in [3.63, 3.8) is 0 Å². The molecule has 0 radical (unpaired) electrons. The minimum atomic E-state index is 0.111. The fourth-order valence-corrected chi connectivity index (χ4v) is 2.00. The lowest BCUT2D eigenvalue weighted by Crippen LogP contribution is -2.35. The van der Waals surface area contributed by atoms with Gasteiger partial charge in [0.15, 0.2) is 0 Å². The first-order valence-corrected chi connectivity index (χ1v) is 6.61. The molecule has 1 atom stereocenters. The van der Waals surface area contributed by atoms with Crippen LogP contribution in [0.2, 0.25) is 0 Å². The van der Waals surface area contributed by atoms with Crippen LogP contribution in [0.4, 0.5) is 5.82 Å². The number of hydrogen-bond acceptors (Lipinski definition) is 4. The third kappa shape index (κ3) is 3.73. The number of aromatic nitrogens is 2. The predicted octanol–water partition coefficient (Wildman–Crippen LogP) is 3.25. The molecule has 18 heavy (non-hydrogen) atoms. The fraction of sp³-hybridized carbons (Fsp3) is 0.692. The Kier molecular flexibility index (Phi) is 5.20. The maximum absolute atomic E-state index is 5.87. The van der Waals surface area contributed by atoms with Crippen LogP contribution in [0.15, 0.2) is 6.33 Å². The number of hydrogen-bond donors (Lipinski definition) is 1. The highest BCUT2D eigenvalue weighted by Crippen LogP contribution is 2.28. The summed E-state index contributed by atoms with van der Waals surface area (Å²) in [6, 6.07) is 0.258. The minimum absolute atomic E-state index is 0.111. The topological polar surface area (TPSA) is 47.0 Å². The van der Waals surface area contributed by atoms with E-state index in [4.69, 9.17) is 16.3 Å². The van der Waals surface area contributed by atoms with Crippen LogP contribution >= 0.6 is 11.6 Å². The SMILES string of the molecule is COc1ncnc(NC(CCCl)C(C)(C)C)c1C. The molecule has 1 N–H and O–H groups in total. The Labute approximate surface area is 114 Å². The molecule has 0 saturated carbocycles. The Bertz CT molecular complexity index is 390. The second-order valence-electron chi connectivity index (χ2n) is 5.40. The second kappa shape index (κ2) is 6.23. The van der Waals surface area contributed by atoms with Gasteiger partial charge in [0.25, 0.3) is 0 Å². The first-order chi connectivity index (χ1) is 8.40. The van der Waals surface area contributed by atoms with Gasteiger partial charge in [0.05, 0.1) is 12.7 Å². The molecule has 4 nitrogen and oxygen atoms in total. The number of anilines is 1. The van der Waals surface area contributed by atoms with E-state index in [1.165, 1.54) is 6.33 Å². The highest BCUT2D eigenvalue weighted by molar-refractivity contribution is 6.17. The number of methoxy groups -OCH3 is 1. The van der Waals surface area contributed by atoms with E-state index in [1.807, 2.05) is 6.92 Å². The standard InChI is InChI=1S/C13H22ClN3O/c1-9-11(15-8-16-12(9)18-5)17-10(6-7-14)13(2,3)4/h8,10H,6-7H2,1-5H3,(H,15,16,17). The van der Waals surface area contributed by atoms with Crippen LogP contribution in [0.1, 0.15) is 32.8 Å². The Morgan fingerprint density at radius 3 is 2.56 bits per heavy atom. The van der Waals surface area contributed by atoms with Crippen LogP contribution in [0, 0.1) is 12.3 Å². The van der Waals surface area contributed by atoms with Gasteiger partial charge in [-0.05, 0) is 18.8 Å². The molecule has 0 aliphatic rings. The summed E-state index contributed by atoms with van der Waals surface area (Å²) in [6.45, 7) is 8.50. The molecule has 0 aromatic carbocycles. The molecule has 1 rings (SSSR count). The molecular formula is C13H22ClN3O. The van der Waals surface area contributed by atoms with Crippen LogP contribution < -0.4 is 10.1 Å². The smallest absolute Gasteiger partial charge is 0.221 e. The van der Waals surface area contributed by atoms with E-state index < -0.39 is 0 Å². The van der Waals surface area contributed by atoms with E-state index in [1.54, 1.807) is 7.11 Å². The summed E-state index contributed by atoms with van der Waals surface area (Å²) in [6.07, 6.45) is 2.39. The zero-order valence-electron chi connectivity index (χ0n) is 11.7. The third-order valence-electron chi connectivity index (χ3n) is 2.99. The lowest BCUT2D eigenvalue weighted by molar-refractivity contribution is 0.333. The summed E-state index contributed by atoms with van der Waals surface area (Å²) in [5.41, 5.74) is 1.03.